The Kier molecular flexibility index (Phi) is 8.40. The van der Waals surface area contributed by atoms with Crippen LogP contribution in [-0.4, -0.2) is 37.1 Å². The summed E-state index contributed by atoms with van der Waals surface area (Å²) < 4.78 is 6.24. The van der Waals surface area contributed by atoms with Gasteiger partial charge < -0.3 is 0 Å². The maximum absolute atomic E-state index is 4.93. The van der Waals surface area contributed by atoms with E-state index in [2.05, 4.69) is 65.3 Å². The number of unbranched alkanes of at least 4 members (excludes halogenated alkanes) is 3. The average molecular weight is 449 g/mol. The predicted molar refractivity (Wildman–Crippen MR) is 108 cm³/mol. The van der Waals surface area contributed by atoms with Crippen LogP contribution in [0.4, 0.5) is 0 Å². The minimum absolute atomic E-state index is 0.797. The molecule has 25 heavy (non-hydrogen) atoms. The van der Waals surface area contributed by atoms with Gasteiger partial charge in [-0.05, 0) is 0 Å². The van der Waals surface area contributed by atoms with Gasteiger partial charge in [-0.3, -0.25) is 0 Å². The monoisotopic (exact) mass is 450 g/mol. The van der Waals surface area contributed by atoms with E-state index in [-0.39, 0.29) is 0 Å². The van der Waals surface area contributed by atoms with E-state index in [1.807, 2.05) is 0 Å². The summed E-state index contributed by atoms with van der Waals surface area (Å²) in [4.78, 5) is 0. The van der Waals surface area contributed by atoms with Gasteiger partial charge in [-0.1, -0.05) is 0 Å². The molecule has 5 heteroatoms. The molecular weight excluding hydrogens is 415 g/mol. The van der Waals surface area contributed by atoms with Gasteiger partial charge in [0.15, 0.2) is 0 Å². The minimum atomic E-state index is -2.62. The van der Waals surface area contributed by atoms with Gasteiger partial charge in [0.25, 0.3) is 0 Å². The molecule has 0 aliphatic heterocycles. The summed E-state index contributed by atoms with van der Waals surface area (Å²) in [6.07, 6.45) is 7.71. The SMILES string of the molecule is CCC[CH2][Sn]([CH2]CCC)([CH2]CCC)[n]1nnc(-c2ccc(C)cc2)n1. The van der Waals surface area contributed by atoms with Crippen molar-refractivity contribution in [2.45, 2.75) is 79.5 Å². The average Bonchev–Trinajstić information content (AvgIpc) is 3.13. The summed E-state index contributed by atoms with van der Waals surface area (Å²) in [5, 5.41) is 14.0. The molecule has 4 nitrogen and oxygen atoms in total. The number of nitrogens with zero attached hydrogens (tertiary/aromatic N) is 4. The second-order valence-electron chi connectivity index (χ2n) is 7.30. The van der Waals surface area contributed by atoms with Crippen LogP contribution in [0.5, 0.6) is 0 Å². The molecule has 0 spiro atoms. The fourth-order valence-electron chi connectivity index (χ4n) is 3.43. The molecule has 0 N–H and O–H groups in total. The summed E-state index contributed by atoms with van der Waals surface area (Å²) in [6.45, 7) is 8.99. The van der Waals surface area contributed by atoms with Crippen LogP contribution in [0.3, 0.4) is 0 Å². The first-order valence-corrected chi connectivity index (χ1v) is 17.4. The van der Waals surface area contributed by atoms with E-state index in [4.69, 9.17) is 5.10 Å². The number of rotatable bonds is 11. The number of aromatic nitrogens is 4. The first-order chi connectivity index (χ1) is 12.1. The number of aryl methyl sites for hydroxylation is 1. The van der Waals surface area contributed by atoms with Crippen LogP contribution >= 0.6 is 0 Å². The first kappa shape index (κ1) is 20.4. The van der Waals surface area contributed by atoms with Gasteiger partial charge in [-0.15, -0.1) is 0 Å². The predicted octanol–water partition coefficient (Wildman–Crippen LogP) is 5.84. The van der Waals surface area contributed by atoms with E-state index < -0.39 is 18.7 Å². The van der Waals surface area contributed by atoms with Gasteiger partial charge in [0.05, 0.1) is 0 Å². The Morgan fingerprint density at radius 1 is 0.840 bits per heavy atom. The van der Waals surface area contributed by atoms with E-state index >= 15 is 0 Å². The molecule has 0 radical (unpaired) electrons. The zero-order chi connectivity index (χ0) is 18.1. The number of hydrogen-bond acceptors (Lipinski definition) is 3. The van der Waals surface area contributed by atoms with E-state index in [0.717, 1.165) is 11.4 Å². The third-order valence-corrected chi connectivity index (χ3v) is 19.1. The third kappa shape index (κ3) is 5.53. The molecule has 0 amide bonds. The summed E-state index contributed by atoms with van der Waals surface area (Å²) in [5.41, 5.74) is 2.34. The van der Waals surface area contributed by atoms with Crippen molar-refractivity contribution in [3.63, 3.8) is 0 Å². The molecule has 0 unspecified atom stereocenters. The van der Waals surface area contributed by atoms with Crippen LogP contribution < -0.4 is 0 Å². The Morgan fingerprint density at radius 3 is 1.84 bits per heavy atom. The molecule has 1 aromatic heterocycles. The second kappa shape index (κ2) is 10.3. The zero-order valence-electron chi connectivity index (χ0n) is 16.5. The van der Waals surface area contributed by atoms with Crippen LogP contribution in [0, 0.1) is 6.92 Å². The van der Waals surface area contributed by atoms with Gasteiger partial charge in [-0.2, -0.15) is 0 Å². The van der Waals surface area contributed by atoms with Gasteiger partial charge in [0, 0.05) is 0 Å². The van der Waals surface area contributed by atoms with E-state index in [1.54, 1.807) is 0 Å². The number of benzene rings is 1. The second-order valence-corrected chi connectivity index (χ2v) is 19.7. The molecular formula is C20H34N4Sn. The van der Waals surface area contributed by atoms with Crippen molar-refractivity contribution in [1.29, 1.82) is 0 Å². The van der Waals surface area contributed by atoms with Gasteiger partial charge in [0.2, 0.25) is 0 Å². The van der Waals surface area contributed by atoms with Crippen molar-refractivity contribution in [3.8, 4) is 11.4 Å². The van der Waals surface area contributed by atoms with Crippen LogP contribution in [0.25, 0.3) is 11.4 Å². The molecule has 0 saturated carbocycles. The van der Waals surface area contributed by atoms with Crippen molar-refractivity contribution in [2.24, 2.45) is 0 Å². The molecule has 2 rings (SSSR count). The van der Waals surface area contributed by atoms with E-state index in [1.165, 1.54) is 57.4 Å². The summed E-state index contributed by atoms with van der Waals surface area (Å²) >= 11 is -2.62. The fourth-order valence-corrected chi connectivity index (χ4v) is 17.5. The summed E-state index contributed by atoms with van der Waals surface area (Å²) in [5.74, 6) is 0.797. The molecule has 0 aliphatic rings. The standard InChI is InChI=1S/C8H7N4.3C4H9.Sn/c1-6-2-4-7(5-3-6)8-9-11-12-10-8;3*1-3-4-2;/h2-5H,1H3;3*1,3-4H2,2H3;/q-1;;;;+1. The normalized spacial score (nSPS) is 11.8. The van der Waals surface area contributed by atoms with Crippen molar-refractivity contribution < 1.29 is 0 Å². The molecule has 1 heterocycles. The number of hydrogen-bond donors (Lipinski definition) is 0. The number of tetrazole rings is 1. The Labute approximate surface area is 157 Å². The molecule has 0 atom stereocenters. The van der Waals surface area contributed by atoms with Crippen molar-refractivity contribution in [2.75, 3.05) is 0 Å². The third-order valence-electron chi connectivity index (χ3n) is 5.13. The van der Waals surface area contributed by atoms with Crippen molar-refractivity contribution >= 4 is 18.7 Å². The molecule has 0 fully saturated rings. The Bertz CT molecular complexity index is 599. The van der Waals surface area contributed by atoms with Crippen molar-refractivity contribution in [1.82, 2.24) is 18.4 Å². The van der Waals surface area contributed by atoms with Crippen LogP contribution in [0.1, 0.15) is 64.9 Å². The van der Waals surface area contributed by atoms with Gasteiger partial charge in [-0.25, -0.2) is 0 Å². The van der Waals surface area contributed by atoms with Crippen LogP contribution in [0.15, 0.2) is 24.3 Å². The summed E-state index contributed by atoms with van der Waals surface area (Å²) in [6, 6.07) is 8.46. The zero-order valence-corrected chi connectivity index (χ0v) is 19.3. The molecule has 138 valence electrons. The molecule has 0 saturated heterocycles. The molecule has 0 aliphatic carbocycles. The van der Waals surface area contributed by atoms with Gasteiger partial charge in [0.1, 0.15) is 0 Å². The fraction of sp³-hybridized carbons (Fsp3) is 0.650. The Hall–Kier alpha value is -0.911. The first-order valence-electron chi connectivity index (χ1n) is 10.0. The molecule has 0 bridgehead atoms. The Balaban J connectivity index is 2.32. The van der Waals surface area contributed by atoms with Crippen molar-refractivity contribution in [3.05, 3.63) is 29.8 Å². The quantitative estimate of drug-likeness (QED) is 0.405. The van der Waals surface area contributed by atoms with E-state index in [0.29, 0.717) is 0 Å². The maximum atomic E-state index is 4.93. The van der Waals surface area contributed by atoms with Crippen LogP contribution in [0.2, 0.25) is 13.3 Å². The summed E-state index contributed by atoms with van der Waals surface area (Å²) in [7, 11) is 0. The molecule has 1 aromatic carbocycles. The topological polar surface area (TPSA) is 43.6 Å². The Morgan fingerprint density at radius 2 is 1.36 bits per heavy atom. The van der Waals surface area contributed by atoms with E-state index in [9.17, 15) is 0 Å². The van der Waals surface area contributed by atoms with Crippen LogP contribution in [-0.2, 0) is 0 Å². The van der Waals surface area contributed by atoms with Gasteiger partial charge >= 0.3 is 158 Å². The molecule has 2 aromatic rings.